The Morgan fingerprint density at radius 2 is 2.00 bits per heavy atom. The van der Waals surface area contributed by atoms with Crippen molar-refractivity contribution in [2.24, 2.45) is 0 Å². The zero-order valence-corrected chi connectivity index (χ0v) is 6.28. The summed E-state index contributed by atoms with van der Waals surface area (Å²) < 4.78 is 0. The van der Waals surface area contributed by atoms with E-state index in [0.29, 0.717) is 6.17 Å². The highest BCUT2D eigenvalue weighted by molar-refractivity contribution is 4.47. The Bertz CT molecular complexity index is 56.9. The van der Waals surface area contributed by atoms with Crippen LogP contribution in [0.1, 0.15) is 6.92 Å². The van der Waals surface area contributed by atoms with Crippen LogP contribution in [0.15, 0.2) is 0 Å². The van der Waals surface area contributed by atoms with Gasteiger partial charge in [0.05, 0.1) is 12.8 Å². The normalized spacial score (nSPS) is 13.7. The van der Waals surface area contributed by atoms with Gasteiger partial charge in [-0.2, -0.15) is 0 Å². The fourth-order valence-corrected chi connectivity index (χ4v) is 0.365. The summed E-state index contributed by atoms with van der Waals surface area (Å²) in [7, 11) is 3.79. The fourth-order valence-electron chi connectivity index (χ4n) is 0.365. The summed E-state index contributed by atoms with van der Waals surface area (Å²) in [6.45, 7) is 2.80. The van der Waals surface area contributed by atoms with Gasteiger partial charge in [-0.15, -0.1) is 0 Å². The van der Waals surface area contributed by atoms with Gasteiger partial charge in [-0.1, -0.05) is 0 Å². The van der Waals surface area contributed by atoms with Crippen LogP contribution in [-0.4, -0.2) is 26.9 Å². The van der Waals surface area contributed by atoms with Gasteiger partial charge in [0.1, 0.15) is 0 Å². The SMILES string of the molecule is CNCNNC(C)NC. The highest BCUT2D eigenvalue weighted by atomic mass is 15.4. The maximum Gasteiger partial charge on any atom is 0.0673 e. The van der Waals surface area contributed by atoms with Crippen LogP contribution in [0, 0.1) is 0 Å². The highest BCUT2D eigenvalue weighted by Gasteiger charge is 1.90. The molecule has 0 radical (unpaired) electrons. The second-order valence-electron chi connectivity index (χ2n) is 1.86. The molecule has 0 aromatic rings. The molecule has 0 bridgehead atoms. The Morgan fingerprint density at radius 1 is 1.33 bits per heavy atom. The third kappa shape index (κ3) is 5.72. The molecule has 4 N–H and O–H groups in total. The first-order valence-corrected chi connectivity index (χ1v) is 3.11. The van der Waals surface area contributed by atoms with E-state index in [1.165, 1.54) is 0 Å². The van der Waals surface area contributed by atoms with Gasteiger partial charge in [-0.3, -0.25) is 0 Å². The van der Waals surface area contributed by atoms with Crippen molar-refractivity contribution in [1.29, 1.82) is 0 Å². The third-order valence-corrected chi connectivity index (χ3v) is 1.02. The number of hydrogen-bond donors (Lipinski definition) is 4. The Balaban J connectivity index is 2.88. The maximum absolute atomic E-state index is 3.02. The van der Waals surface area contributed by atoms with Crippen LogP contribution >= 0.6 is 0 Å². The summed E-state index contributed by atoms with van der Waals surface area (Å²) in [5, 5.41) is 5.97. The number of rotatable bonds is 5. The van der Waals surface area contributed by atoms with Crippen LogP contribution < -0.4 is 21.5 Å². The summed E-state index contributed by atoms with van der Waals surface area (Å²) >= 11 is 0. The number of hydrazine groups is 1. The van der Waals surface area contributed by atoms with Crippen molar-refractivity contribution in [1.82, 2.24) is 21.5 Å². The lowest BCUT2D eigenvalue weighted by Gasteiger charge is -2.12. The molecular formula is C5H16N4. The van der Waals surface area contributed by atoms with Crippen molar-refractivity contribution in [2.45, 2.75) is 13.1 Å². The van der Waals surface area contributed by atoms with Crippen LogP contribution in [0.2, 0.25) is 0 Å². The molecule has 56 valence electrons. The van der Waals surface area contributed by atoms with E-state index in [1.54, 1.807) is 0 Å². The van der Waals surface area contributed by atoms with E-state index in [1.807, 2.05) is 21.0 Å². The molecule has 0 aliphatic carbocycles. The molecule has 0 rings (SSSR count). The molecule has 1 unspecified atom stereocenters. The minimum atomic E-state index is 0.304. The Labute approximate surface area is 56.4 Å². The summed E-state index contributed by atoms with van der Waals surface area (Å²) in [5.41, 5.74) is 5.97. The molecule has 1 atom stereocenters. The highest BCUT2D eigenvalue weighted by Crippen LogP contribution is 1.63. The number of nitrogens with one attached hydrogen (secondary N) is 4. The van der Waals surface area contributed by atoms with E-state index in [2.05, 4.69) is 21.5 Å². The first kappa shape index (κ1) is 8.84. The van der Waals surface area contributed by atoms with E-state index >= 15 is 0 Å². The molecular weight excluding hydrogens is 116 g/mol. The van der Waals surface area contributed by atoms with Gasteiger partial charge < -0.3 is 10.6 Å². The standard InChI is InChI=1S/C5H16N4/c1-5(7-3)9-8-4-6-2/h5-9H,4H2,1-3H3. The lowest BCUT2D eigenvalue weighted by molar-refractivity contribution is 0.403. The largest absolute Gasteiger partial charge is 0.307 e. The zero-order valence-electron chi connectivity index (χ0n) is 6.28. The van der Waals surface area contributed by atoms with Gasteiger partial charge in [0, 0.05) is 0 Å². The molecule has 4 heteroatoms. The lowest BCUT2D eigenvalue weighted by Crippen LogP contribution is -2.48. The Hall–Kier alpha value is -0.160. The van der Waals surface area contributed by atoms with Crippen LogP contribution in [0.25, 0.3) is 0 Å². The maximum atomic E-state index is 3.02. The van der Waals surface area contributed by atoms with Crippen molar-refractivity contribution < 1.29 is 0 Å². The van der Waals surface area contributed by atoms with E-state index in [0.717, 1.165) is 6.67 Å². The molecule has 0 aromatic carbocycles. The molecule has 9 heavy (non-hydrogen) atoms. The van der Waals surface area contributed by atoms with Crippen LogP contribution in [0.5, 0.6) is 0 Å². The van der Waals surface area contributed by atoms with Crippen molar-refractivity contribution in [2.75, 3.05) is 20.8 Å². The average Bonchev–Trinajstić information content (AvgIpc) is 1.89. The molecule has 0 aromatic heterocycles. The summed E-state index contributed by atoms with van der Waals surface area (Å²) in [6.07, 6.45) is 0.304. The van der Waals surface area contributed by atoms with Crippen LogP contribution in [-0.2, 0) is 0 Å². The predicted molar refractivity (Wildman–Crippen MR) is 38.7 cm³/mol. The van der Waals surface area contributed by atoms with Gasteiger partial charge in [0.15, 0.2) is 0 Å². The first-order valence-electron chi connectivity index (χ1n) is 3.11. The average molecular weight is 132 g/mol. The van der Waals surface area contributed by atoms with Crippen LogP contribution in [0.4, 0.5) is 0 Å². The van der Waals surface area contributed by atoms with E-state index in [9.17, 15) is 0 Å². The molecule has 0 saturated heterocycles. The summed E-state index contributed by atoms with van der Waals surface area (Å²) in [6, 6.07) is 0. The van der Waals surface area contributed by atoms with E-state index < -0.39 is 0 Å². The van der Waals surface area contributed by atoms with E-state index in [4.69, 9.17) is 0 Å². The predicted octanol–water partition coefficient (Wildman–Crippen LogP) is -1.18. The molecule has 0 fully saturated rings. The smallest absolute Gasteiger partial charge is 0.0673 e. The van der Waals surface area contributed by atoms with Gasteiger partial charge in [0.2, 0.25) is 0 Å². The van der Waals surface area contributed by atoms with Crippen molar-refractivity contribution in [3.63, 3.8) is 0 Å². The Morgan fingerprint density at radius 3 is 2.44 bits per heavy atom. The summed E-state index contributed by atoms with van der Waals surface area (Å²) in [4.78, 5) is 0. The molecule has 0 saturated carbocycles. The second kappa shape index (κ2) is 5.97. The molecule has 4 nitrogen and oxygen atoms in total. The van der Waals surface area contributed by atoms with Gasteiger partial charge in [0.25, 0.3) is 0 Å². The molecule has 0 heterocycles. The van der Waals surface area contributed by atoms with Crippen LogP contribution in [0.3, 0.4) is 0 Å². The minimum absolute atomic E-state index is 0.304. The fraction of sp³-hybridized carbons (Fsp3) is 1.00. The zero-order chi connectivity index (χ0) is 7.11. The molecule has 0 amide bonds. The first-order chi connectivity index (χ1) is 4.31. The molecule has 0 aliphatic heterocycles. The Kier molecular flexibility index (Phi) is 5.86. The van der Waals surface area contributed by atoms with Crippen molar-refractivity contribution >= 4 is 0 Å². The molecule has 0 aliphatic rings. The van der Waals surface area contributed by atoms with E-state index in [-0.39, 0.29) is 0 Å². The number of hydrogen-bond acceptors (Lipinski definition) is 4. The second-order valence-corrected chi connectivity index (χ2v) is 1.86. The minimum Gasteiger partial charge on any atom is -0.307 e. The molecule has 0 spiro atoms. The quantitative estimate of drug-likeness (QED) is 0.216. The van der Waals surface area contributed by atoms with Gasteiger partial charge >= 0.3 is 0 Å². The van der Waals surface area contributed by atoms with Gasteiger partial charge in [-0.05, 0) is 21.0 Å². The third-order valence-electron chi connectivity index (χ3n) is 1.02. The van der Waals surface area contributed by atoms with Crippen molar-refractivity contribution in [3.8, 4) is 0 Å². The van der Waals surface area contributed by atoms with Crippen molar-refractivity contribution in [3.05, 3.63) is 0 Å². The lowest BCUT2D eigenvalue weighted by atomic mass is 10.6. The van der Waals surface area contributed by atoms with Gasteiger partial charge in [-0.25, -0.2) is 10.9 Å². The monoisotopic (exact) mass is 132 g/mol. The summed E-state index contributed by atoms with van der Waals surface area (Å²) in [5.74, 6) is 0. The topological polar surface area (TPSA) is 48.1 Å².